The molecule has 18 heavy (non-hydrogen) atoms. The highest BCUT2D eigenvalue weighted by Crippen LogP contribution is 2.29. The summed E-state index contributed by atoms with van der Waals surface area (Å²) in [7, 11) is 1.61. The molecule has 0 saturated carbocycles. The first-order chi connectivity index (χ1) is 8.70. The quantitative estimate of drug-likeness (QED) is 0.868. The van der Waals surface area contributed by atoms with E-state index in [1.54, 1.807) is 19.2 Å². The fraction of sp³-hybridized carbons (Fsp3) is 0.0714. The van der Waals surface area contributed by atoms with Crippen LogP contribution in [-0.4, -0.2) is 18.3 Å². The van der Waals surface area contributed by atoms with Crippen molar-refractivity contribution in [2.75, 3.05) is 12.4 Å². The molecule has 0 aliphatic rings. The predicted molar refractivity (Wildman–Crippen MR) is 70.1 cm³/mol. The van der Waals surface area contributed by atoms with Crippen molar-refractivity contribution >= 4 is 11.8 Å². The largest absolute Gasteiger partial charge is 0.497 e. The van der Waals surface area contributed by atoms with Crippen LogP contribution in [0.1, 0.15) is 0 Å². The summed E-state index contributed by atoms with van der Waals surface area (Å²) in [5.74, 6) is 0.766. The van der Waals surface area contributed by atoms with Gasteiger partial charge in [0.15, 0.2) is 0 Å². The zero-order chi connectivity index (χ0) is 13.0. The Labute approximate surface area is 105 Å². The lowest BCUT2D eigenvalue weighted by Gasteiger charge is -2.09. The Morgan fingerprint density at radius 2 is 1.78 bits per heavy atom. The molecule has 4 nitrogen and oxygen atoms in total. The predicted octanol–water partition coefficient (Wildman–Crippen LogP) is 3.45. The minimum atomic E-state index is -1.07. The van der Waals surface area contributed by atoms with Crippen molar-refractivity contribution in [2.45, 2.75) is 0 Å². The lowest BCUT2D eigenvalue weighted by molar-refractivity contribution is 0.210. The van der Waals surface area contributed by atoms with E-state index < -0.39 is 6.09 Å². The summed E-state index contributed by atoms with van der Waals surface area (Å²) in [5.41, 5.74) is 2.33. The second-order valence-corrected chi connectivity index (χ2v) is 3.70. The molecule has 0 aliphatic heterocycles. The van der Waals surface area contributed by atoms with E-state index in [0.29, 0.717) is 5.69 Å². The summed E-state index contributed by atoms with van der Waals surface area (Å²) in [6.07, 6.45) is -1.07. The lowest BCUT2D eigenvalue weighted by atomic mass is 10.0. The Balaban J connectivity index is 2.39. The highest BCUT2D eigenvalue weighted by molar-refractivity contribution is 5.90. The van der Waals surface area contributed by atoms with Gasteiger partial charge in [-0.3, -0.25) is 5.32 Å². The van der Waals surface area contributed by atoms with Gasteiger partial charge in [-0.25, -0.2) is 4.79 Å². The van der Waals surface area contributed by atoms with Crippen molar-refractivity contribution < 1.29 is 14.6 Å². The van der Waals surface area contributed by atoms with Crippen LogP contribution >= 0.6 is 0 Å². The second-order valence-electron chi connectivity index (χ2n) is 3.70. The molecule has 0 aliphatic carbocycles. The van der Waals surface area contributed by atoms with E-state index in [-0.39, 0.29) is 0 Å². The number of nitrogens with one attached hydrogen (secondary N) is 1. The van der Waals surface area contributed by atoms with Gasteiger partial charge in [-0.1, -0.05) is 30.3 Å². The summed E-state index contributed by atoms with van der Waals surface area (Å²) in [4.78, 5) is 10.7. The topological polar surface area (TPSA) is 58.6 Å². The lowest BCUT2D eigenvalue weighted by Crippen LogP contribution is -2.08. The van der Waals surface area contributed by atoms with Crippen molar-refractivity contribution in [3.63, 3.8) is 0 Å². The van der Waals surface area contributed by atoms with E-state index >= 15 is 0 Å². The van der Waals surface area contributed by atoms with Crippen LogP contribution in [0.4, 0.5) is 10.5 Å². The maximum Gasteiger partial charge on any atom is 0.409 e. The number of methoxy groups -OCH3 is 1. The molecule has 2 aromatic carbocycles. The van der Waals surface area contributed by atoms with Crippen molar-refractivity contribution in [3.05, 3.63) is 48.5 Å². The van der Waals surface area contributed by atoms with Crippen LogP contribution in [-0.2, 0) is 0 Å². The van der Waals surface area contributed by atoms with Gasteiger partial charge >= 0.3 is 6.09 Å². The minimum absolute atomic E-state index is 0.565. The van der Waals surface area contributed by atoms with Gasteiger partial charge in [0, 0.05) is 5.56 Å². The smallest absolute Gasteiger partial charge is 0.409 e. The molecular formula is C14H13NO3. The number of benzene rings is 2. The second kappa shape index (κ2) is 5.23. The maximum atomic E-state index is 10.7. The molecule has 0 saturated heterocycles. The van der Waals surface area contributed by atoms with Crippen LogP contribution < -0.4 is 10.1 Å². The van der Waals surface area contributed by atoms with Crippen LogP contribution in [0.15, 0.2) is 48.5 Å². The Bertz CT molecular complexity index is 549. The summed E-state index contributed by atoms with van der Waals surface area (Å²) < 4.78 is 5.09. The van der Waals surface area contributed by atoms with Crippen molar-refractivity contribution in [2.24, 2.45) is 0 Å². The third kappa shape index (κ3) is 2.60. The number of hydrogen-bond acceptors (Lipinski definition) is 2. The molecule has 2 rings (SSSR count). The molecule has 1 amide bonds. The van der Waals surface area contributed by atoms with Crippen molar-refractivity contribution in [1.29, 1.82) is 0 Å². The zero-order valence-corrected chi connectivity index (χ0v) is 9.88. The Hall–Kier alpha value is -2.49. The highest BCUT2D eigenvalue weighted by atomic mass is 16.5. The molecule has 2 aromatic rings. The van der Waals surface area contributed by atoms with Gasteiger partial charge in [-0.2, -0.15) is 0 Å². The third-order valence-electron chi connectivity index (χ3n) is 2.57. The zero-order valence-electron chi connectivity index (χ0n) is 9.88. The van der Waals surface area contributed by atoms with E-state index in [9.17, 15) is 4.79 Å². The number of para-hydroxylation sites is 1. The minimum Gasteiger partial charge on any atom is -0.497 e. The van der Waals surface area contributed by atoms with Crippen LogP contribution in [0.5, 0.6) is 5.75 Å². The fourth-order valence-electron chi connectivity index (χ4n) is 1.73. The van der Waals surface area contributed by atoms with Crippen LogP contribution in [0.2, 0.25) is 0 Å². The number of hydrogen-bond donors (Lipinski definition) is 2. The van der Waals surface area contributed by atoms with E-state index in [1.807, 2.05) is 36.4 Å². The van der Waals surface area contributed by atoms with Gasteiger partial charge in [0.2, 0.25) is 0 Å². The molecule has 4 heteroatoms. The first-order valence-electron chi connectivity index (χ1n) is 5.44. The highest BCUT2D eigenvalue weighted by Gasteiger charge is 2.06. The fourth-order valence-corrected chi connectivity index (χ4v) is 1.73. The van der Waals surface area contributed by atoms with E-state index in [1.165, 1.54) is 0 Å². The molecule has 0 fully saturated rings. The average molecular weight is 243 g/mol. The van der Waals surface area contributed by atoms with Gasteiger partial charge < -0.3 is 9.84 Å². The maximum absolute atomic E-state index is 10.7. The van der Waals surface area contributed by atoms with E-state index in [0.717, 1.165) is 16.9 Å². The summed E-state index contributed by atoms with van der Waals surface area (Å²) >= 11 is 0. The number of carbonyl (C=O) groups is 1. The molecule has 2 N–H and O–H groups in total. The number of amides is 1. The first kappa shape index (κ1) is 12.0. The molecule has 0 aromatic heterocycles. The molecule has 0 unspecified atom stereocenters. The Morgan fingerprint density at radius 1 is 1.11 bits per heavy atom. The molecule has 92 valence electrons. The normalized spacial score (nSPS) is 9.83. The van der Waals surface area contributed by atoms with Crippen LogP contribution in [0, 0.1) is 0 Å². The third-order valence-corrected chi connectivity index (χ3v) is 2.57. The van der Waals surface area contributed by atoms with Gasteiger partial charge in [-0.05, 0) is 23.8 Å². The number of rotatable bonds is 3. The molecular weight excluding hydrogens is 230 g/mol. The van der Waals surface area contributed by atoms with Gasteiger partial charge in [-0.15, -0.1) is 0 Å². The summed E-state index contributed by atoms with van der Waals surface area (Å²) in [5, 5.41) is 11.2. The van der Waals surface area contributed by atoms with Gasteiger partial charge in [0.05, 0.1) is 12.8 Å². The SMILES string of the molecule is COc1ccc(-c2ccccc2NC(=O)O)cc1. The van der Waals surface area contributed by atoms with Crippen LogP contribution in [0.3, 0.4) is 0 Å². The van der Waals surface area contributed by atoms with Gasteiger partial charge in [0.1, 0.15) is 5.75 Å². The molecule has 0 spiro atoms. The molecule has 0 heterocycles. The standard InChI is InChI=1S/C14H13NO3/c1-18-11-8-6-10(7-9-11)12-4-2-3-5-13(12)15-14(16)17/h2-9,15H,1H3,(H,16,17). The average Bonchev–Trinajstić information content (AvgIpc) is 2.39. The summed E-state index contributed by atoms with van der Waals surface area (Å²) in [6.45, 7) is 0. The van der Waals surface area contributed by atoms with E-state index in [2.05, 4.69) is 5.32 Å². The Morgan fingerprint density at radius 3 is 2.39 bits per heavy atom. The Kier molecular flexibility index (Phi) is 3.48. The molecule has 0 radical (unpaired) electrons. The summed E-state index contributed by atoms with van der Waals surface area (Å²) in [6, 6.07) is 14.7. The van der Waals surface area contributed by atoms with Crippen LogP contribution in [0.25, 0.3) is 11.1 Å². The molecule has 0 atom stereocenters. The van der Waals surface area contributed by atoms with Crippen molar-refractivity contribution in [1.82, 2.24) is 0 Å². The number of ether oxygens (including phenoxy) is 1. The number of carboxylic acid groups (broad SMARTS) is 1. The van der Waals surface area contributed by atoms with E-state index in [4.69, 9.17) is 9.84 Å². The first-order valence-corrected chi connectivity index (χ1v) is 5.44. The van der Waals surface area contributed by atoms with Crippen molar-refractivity contribution in [3.8, 4) is 16.9 Å². The molecule has 0 bridgehead atoms. The number of anilines is 1. The van der Waals surface area contributed by atoms with Gasteiger partial charge in [0.25, 0.3) is 0 Å². The monoisotopic (exact) mass is 243 g/mol.